The summed E-state index contributed by atoms with van der Waals surface area (Å²) in [5.74, 6) is 0.857. The molecule has 0 radical (unpaired) electrons. The van der Waals surface area contributed by atoms with E-state index in [9.17, 15) is 0 Å². The summed E-state index contributed by atoms with van der Waals surface area (Å²) in [7, 11) is 0. The second-order valence-electron chi connectivity index (χ2n) is 4.59. The van der Waals surface area contributed by atoms with Crippen LogP contribution in [0.4, 0.5) is 0 Å². The summed E-state index contributed by atoms with van der Waals surface area (Å²) in [6.45, 7) is 5.35. The molecular weight excluding hydrogens is 198 g/mol. The van der Waals surface area contributed by atoms with Crippen LogP contribution in [-0.2, 0) is 0 Å². The first kappa shape index (κ1) is 11.6. The van der Waals surface area contributed by atoms with Crippen molar-refractivity contribution in [2.45, 2.75) is 25.8 Å². The molecule has 2 atom stereocenters. The molecule has 1 aromatic heterocycles. The molecule has 0 aromatic carbocycles. The molecule has 0 saturated carbocycles. The van der Waals surface area contributed by atoms with Crippen LogP contribution >= 0.6 is 0 Å². The lowest BCUT2D eigenvalue weighted by Gasteiger charge is -2.27. The third kappa shape index (κ3) is 2.42. The molecule has 2 unspecified atom stereocenters. The zero-order valence-electron chi connectivity index (χ0n) is 9.97. The van der Waals surface area contributed by atoms with Crippen molar-refractivity contribution < 1.29 is 0 Å². The Morgan fingerprint density at radius 1 is 1.50 bits per heavy atom. The van der Waals surface area contributed by atoms with Gasteiger partial charge in [-0.2, -0.15) is 0 Å². The fourth-order valence-corrected chi connectivity index (χ4v) is 2.56. The molecule has 3 heteroatoms. The van der Waals surface area contributed by atoms with Crippen molar-refractivity contribution in [1.29, 1.82) is 0 Å². The fourth-order valence-electron chi connectivity index (χ4n) is 2.56. The summed E-state index contributed by atoms with van der Waals surface area (Å²) in [6.07, 6.45) is 6.30. The third-order valence-electron chi connectivity index (χ3n) is 3.65. The van der Waals surface area contributed by atoms with Crippen molar-refractivity contribution in [1.82, 2.24) is 9.88 Å². The van der Waals surface area contributed by atoms with Crippen LogP contribution in [0, 0.1) is 5.92 Å². The Bertz CT molecular complexity index is 312. The number of nitrogens with two attached hydrogens (primary N) is 1. The van der Waals surface area contributed by atoms with Crippen molar-refractivity contribution in [2.24, 2.45) is 11.7 Å². The van der Waals surface area contributed by atoms with Crippen LogP contribution < -0.4 is 5.73 Å². The molecule has 0 amide bonds. The Hall–Kier alpha value is -0.930. The quantitative estimate of drug-likeness (QED) is 0.840. The van der Waals surface area contributed by atoms with Crippen LogP contribution in [0.25, 0.3) is 0 Å². The summed E-state index contributed by atoms with van der Waals surface area (Å²) in [4.78, 5) is 6.58. The van der Waals surface area contributed by atoms with E-state index in [1.165, 1.54) is 31.5 Å². The molecule has 0 spiro atoms. The van der Waals surface area contributed by atoms with Gasteiger partial charge in [0.2, 0.25) is 0 Å². The number of hydrogen-bond acceptors (Lipinski definition) is 3. The number of hydrogen-bond donors (Lipinski definition) is 1. The maximum absolute atomic E-state index is 5.91. The molecule has 2 N–H and O–H groups in total. The van der Waals surface area contributed by atoms with Gasteiger partial charge in [-0.25, -0.2) is 0 Å². The predicted molar refractivity (Wildman–Crippen MR) is 66.0 cm³/mol. The molecule has 1 aliphatic heterocycles. The number of rotatable bonds is 4. The summed E-state index contributed by atoms with van der Waals surface area (Å²) in [5.41, 5.74) is 7.21. The highest BCUT2D eigenvalue weighted by atomic mass is 15.2. The zero-order chi connectivity index (χ0) is 11.4. The molecule has 16 heavy (non-hydrogen) atoms. The van der Waals surface area contributed by atoms with E-state index in [1.807, 2.05) is 12.4 Å². The highest BCUT2D eigenvalue weighted by molar-refractivity contribution is 5.16. The van der Waals surface area contributed by atoms with E-state index in [4.69, 9.17) is 5.73 Å². The van der Waals surface area contributed by atoms with E-state index in [-0.39, 0.29) is 0 Å². The van der Waals surface area contributed by atoms with Gasteiger partial charge in [-0.1, -0.05) is 13.3 Å². The van der Waals surface area contributed by atoms with E-state index in [2.05, 4.69) is 28.9 Å². The van der Waals surface area contributed by atoms with Gasteiger partial charge in [0.05, 0.1) is 0 Å². The van der Waals surface area contributed by atoms with E-state index >= 15 is 0 Å². The van der Waals surface area contributed by atoms with E-state index in [0.29, 0.717) is 12.6 Å². The average Bonchev–Trinajstić information content (AvgIpc) is 2.80. The molecule has 88 valence electrons. The molecule has 1 saturated heterocycles. The summed E-state index contributed by atoms with van der Waals surface area (Å²) < 4.78 is 0. The second kappa shape index (κ2) is 5.41. The minimum Gasteiger partial charge on any atom is -0.329 e. The zero-order valence-corrected chi connectivity index (χ0v) is 9.97. The Morgan fingerprint density at radius 2 is 2.25 bits per heavy atom. The van der Waals surface area contributed by atoms with Gasteiger partial charge in [0.1, 0.15) is 0 Å². The van der Waals surface area contributed by atoms with E-state index in [1.54, 1.807) is 0 Å². The topological polar surface area (TPSA) is 42.1 Å². The van der Waals surface area contributed by atoms with Gasteiger partial charge in [-0.05, 0) is 36.6 Å². The smallest absolute Gasteiger partial charge is 0.0471 e. The largest absolute Gasteiger partial charge is 0.329 e. The van der Waals surface area contributed by atoms with Gasteiger partial charge in [-0.3, -0.25) is 9.88 Å². The minimum absolute atomic E-state index is 0.375. The Kier molecular flexibility index (Phi) is 3.91. The molecule has 1 fully saturated rings. The normalized spacial score (nSPS) is 23.5. The standard InChI is InChI=1S/C13H21N3/c1-2-11-5-8-16(10-11)13(9-14)12-3-6-15-7-4-12/h3-4,6-7,11,13H,2,5,8-10,14H2,1H3. The first-order chi connectivity index (χ1) is 7.85. The maximum Gasteiger partial charge on any atom is 0.0471 e. The third-order valence-corrected chi connectivity index (χ3v) is 3.65. The van der Waals surface area contributed by atoms with Crippen molar-refractivity contribution in [3.63, 3.8) is 0 Å². The Balaban J connectivity index is 2.06. The first-order valence-corrected chi connectivity index (χ1v) is 6.19. The molecule has 2 heterocycles. The Morgan fingerprint density at radius 3 is 2.81 bits per heavy atom. The van der Waals surface area contributed by atoms with Crippen LogP contribution in [0.5, 0.6) is 0 Å². The molecule has 2 rings (SSSR count). The summed E-state index contributed by atoms with van der Waals surface area (Å²) in [6, 6.07) is 4.53. The van der Waals surface area contributed by atoms with Gasteiger partial charge in [0.15, 0.2) is 0 Å². The van der Waals surface area contributed by atoms with Crippen molar-refractivity contribution in [3.05, 3.63) is 30.1 Å². The van der Waals surface area contributed by atoms with Gasteiger partial charge < -0.3 is 5.73 Å². The SMILES string of the molecule is CCC1CCN(C(CN)c2ccncc2)C1. The van der Waals surface area contributed by atoms with Gasteiger partial charge in [-0.15, -0.1) is 0 Å². The maximum atomic E-state index is 5.91. The van der Waals surface area contributed by atoms with Gasteiger partial charge in [0, 0.05) is 31.5 Å². The molecule has 1 aliphatic rings. The first-order valence-electron chi connectivity index (χ1n) is 6.19. The van der Waals surface area contributed by atoms with E-state index < -0.39 is 0 Å². The van der Waals surface area contributed by atoms with Crippen molar-refractivity contribution in [3.8, 4) is 0 Å². The highest BCUT2D eigenvalue weighted by Gasteiger charge is 2.27. The number of likely N-dealkylation sites (tertiary alicyclic amines) is 1. The van der Waals surface area contributed by atoms with Crippen molar-refractivity contribution >= 4 is 0 Å². The van der Waals surface area contributed by atoms with Gasteiger partial charge >= 0.3 is 0 Å². The lowest BCUT2D eigenvalue weighted by atomic mass is 10.1. The predicted octanol–water partition coefficient (Wildman–Crippen LogP) is 1.81. The monoisotopic (exact) mass is 219 g/mol. The molecule has 0 bridgehead atoms. The fraction of sp³-hybridized carbons (Fsp3) is 0.615. The lowest BCUT2D eigenvalue weighted by molar-refractivity contribution is 0.241. The number of pyridine rings is 1. The van der Waals surface area contributed by atoms with E-state index in [0.717, 1.165) is 5.92 Å². The molecule has 3 nitrogen and oxygen atoms in total. The van der Waals surface area contributed by atoms with Crippen LogP contribution in [0.1, 0.15) is 31.4 Å². The summed E-state index contributed by atoms with van der Waals surface area (Å²) >= 11 is 0. The van der Waals surface area contributed by atoms with Crippen LogP contribution in [0.2, 0.25) is 0 Å². The average molecular weight is 219 g/mol. The number of nitrogens with zero attached hydrogens (tertiary/aromatic N) is 2. The van der Waals surface area contributed by atoms with Crippen LogP contribution in [0.15, 0.2) is 24.5 Å². The summed E-state index contributed by atoms with van der Waals surface area (Å²) in [5, 5.41) is 0. The molecule has 0 aliphatic carbocycles. The Labute approximate surface area is 97.7 Å². The lowest BCUT2D eigenvalue weighted by Crippen LogP contribution is -2.32. The molecular formula is C13H21N3. The second-order valence-corrected chi connectivity index (χ2v) is 4.59. The molecule has 1 aromatic rings. The number of aromatic nitrogens is 1. The van der Waals surface area contributed by atoms with Crippen LogP contribution in [-0.4, -0.2) is 29.5 Å². The van der Waals surface area contributed by atoms with Gasteiger partial charge in [0.25, 0.3) is 0 Å². The van der Waals surface area contributed by atoms with Crippen LogP contribution in [0.3, 0.4) is 0 Å². The highest BCUT2D eigenvalue weighted by Crippen LogP contribution is 2.27. The minimum atomic E-state index is 0.375. The van der Waals surface area contributed by atoms with Crippen molar-refractivity contribution in [2.75, 3.05) is 19.6 Å².